The smallest absolute Gasteiger partial charge is 0.208 e. The second-order valence-corrected chi connectivity index (χ2v) is 11.8. The Morgan fingerprint density at radius 3 is 1.45 bits per heavy atom. The minimum absolute atomic E-state index is 0.126. The number of rotatable bonds is 3. The number of benzene rings is 7. The third kappa shape index (κ3) is 3.96. The average Bonchev–Trinajstić information content (AvgIpc) is 3.50. The first-order chi connectivity index (χ1) is 23.5. The molecule has 0 unspecified atom stereocenters. The van der Waals surface area contributed by atoms with Gasteiger partial charge in [-0.2, -0.15) is 0 Å². The zero-order valence-electron chi connectivity index (χ0n) is 25.5. The van der Waals surface area contributed by atoms with Gasteiger partial charge in [0, 0.05) is 21.9 Å². The molecule has 11 heteroatoms. The van der Waals surface area contributed by atoms with Crippen molar-refractivity contribution in [2.75, 3.05) is 0 Å². The predicted octanol–water partition coefficient (Wildman–Crippen LogP) is 6.50. The molecule has 0 radical (unpaired) electrons. The second-order valence-electron chi connectivity index (χ2n) is 11.8. The third-order valence-electron chi connectivity index (χ3n) is 9.25. The maximum Gasteiger partial charge on any atom is 0.208 e. The molecule has 49 heavy (non-hydrogen) atoms. The summed E-state index contributed by atoms with van der Waals surface area (Å²) in [5.41, 5.74) is 3.34. The molecule has 0 atom stereocenters. The summed E-state index contributed by atoms with van der Waals surface area (Å²) in [6, 6.07) is 25.4. The van der Waals surface area contributed by atoms with Crippen LogP contribution in [0.5, 0.6) is 51.7 Å². The van der Waals surface area contributed by atoms with E-state index in [-0.39, 0.29) is 16.6 Å². The number of fused-ring (bicyclic) bond motifs is 5. The van der Waals surface area contributed by atoms with Crippen LogP contribution in [0, 0.1) is 0 Å². The molecular weight excluding hydrogens is 627 g/mol. The van der Waals surface area contributed by atoms with Gasteiger partial charge < -0.3 is 50.4 Å². The van der Waals surface area contributed by atoms with Crippen LogP contribution in [0.25, 0.3) is 76.9 Å². The SMILES string of the molecule is Bc1c(O)c(O)c(O)c(O)c1-c1ccc2c(c1)oc1cccc(-c3c4ccccc4c(-c4c(O)c(O)c(O)c(O)c4O)c4ccccc34)c12. The Balaban J connectivity index is 1.45. The highest BCUT2D eigenvalue weighted by Gasteiger charge is 2.29. The van der Waals surface area contributed by atoms with Crippen molar-refractivity contribution in [2.45, 2.75) is 0 Å². The van der Waals surface area contributed by atoms with E-state index in [1.54, 1.807) is 42.5 Å². The maximum atomic E-state index is 11.0. The Labute approximate surface area is 276 Å². The fraction of sp³-hybridized carbons (Fsp3) is 0. The van der Waals surface area contributed by atoms with Gasteiger partial charge in [0.25, 0.3) is 0 Å². The van der Waals surface area contributed by atoms with E-state index in [0.717, 1.165) is 21.9 Å². The maximum absolute atomic E-state index is 11.0. The Morgan fingerprint density at radius 1 is 0.388 bits per heavy atom. The van der Waals surface area contributed by atoms with Crippen molar-refractivity contribution in [1.82, 2.24) is 0 Å². The van der Waals surface area contributed by atoms with Crippen molar-refractivity contribution < 1.29 is 50.4 Å². The quantitative estimate of drug-likeness (QED) is 0.0440. The summed E-state index contributed by atoms with van der Waals surface area (Å²) in [6.07, 6.45) is 0. The van der Waals surface area contributed by atoms with Crippen LogP contribution < -0.4 is 5.46 Å². The van der Waals surface area contributed by atoms with Crippen LogP contribution in [-0.2, 0) is 0 Å². The molecule has 0 spiro atoms. The summed E-state index contributed by atoms with van der Waals surface area (Å²) in [5.74, 6) is -7.40. The summed E-state index contributed by atoms with van der Waals surface area (Å²) >= 11 is 0. The highest BCUT2D eigenvalue weighted by Crippen LogP contribution is 2.58. The minimum Gasteiger partial charge on any atom is -0.505 e. The molecular formula is C38H25BO10. The zero-order chi connectivity index (χ0) is 34.5. The molecule has 7 aromatic carbocycles. The van der Waals surface area contributed by atoms with Gasteiger partial charge in [-0.1, -0.05) is 66.7 Å². The van der Waals surface area contributed by atoms with Crippen molar-refractivity contribution in [3.63, 3.8) is 0 Å². The molecule has 0 aliphatic carbocycles. The van der Waals surface area contributed by atoms with Crippen molar-refractivity contribution >= 4 is 56.8 Å². The van der Waals surface area contributed by atoms with E-state index in [4.69, 9.17) is 4.42 Å². The van der Waals surface area contributed by atoms with E-state index in [0.29, 0.717) is 43.8 Å². The Kier molecular flexibility index (Phi) is 6.21. The number of hydrogen-bond donors (Lipinski definition) is 9. The molecule has 0 aliphatic rings. The van der Waals surface area contributed by atoms with Gasteiger partial charge >= 0.3 is 0 Å². The van der Waals surface area contributed by atoms with E-state index in [9.17, 15) is 46.0 Å². The molecule has 0 saturated heterocycles. The van der Waals surface area contributed by atoms with Gasteiger partial charge in [-0.15, -0.1) is 0 Å². The van der Waals surface area contributed by atoms with E-state index in [1.807, 2.05) is 42.5 Å². The molecule has 8 rings (SSSR count). The highest BCUT2D eigenvalue weighted by molar-refractivity contribution is 6.39. The Hall–Kier alpha value is -6.88. The lowest BCUT2D eigenvalue weighted by molar-refractivity contribution is 0.330. The molecule has 10 nitrogen and oxygen atoms in total. The van der Waals surface area contributed by atoms with E-state index >= 15 is 0 Å². The van der Waals surface area contributed by atoms with Crippen LogP contribution in [-0.4, -0.2) is 53.8 Å². The average molecular weight is 652 g/mol. The van der Waals surface area contributed by atoms with Crippen molar-refractivity contribution in [3.8, 4) is 85.1 Å². The van der Waals surface area contributed by atoms with Crippen LogP contribution in [0.2, 0.25) is 0 Å². The van der Waals surface area contributed by atoms with Crippen molar-refractivity contribution in [2.24, 2.45) is 0 Å². The summed E-state index contributed by atoms with van der Waals surface area (Å²) in [5, 5.41) is 98.4. The van der Waals surface area contributed by atoms with Crippen LogP contribution in [0.15, 0.2) is 89.3 Å². The molecule has 9 N–H and O–H groups in total. The molecule has 1 aromatic heterocycles. The summed E-state index contributed by atoms with van der Waals surface area (Å²) in [6.45, 7) is 0. The van der Waals surface area contributed by atoms with Gasteiger partial charge in [-0.3, -0.25) is 0 Å². The lowest BCUT2D eigenvalue weighted by Crippen LogP contribution is -2.08. The topological polar surface area (TPSA) is 195 Å². The largest absolute Gasteiger partial charge is 0.505 e. The van der Waals surface area contributed by atoms with E-state index in [1.165, 1.54) is 7.85 Å². The van der Waals surface area contributed by atoms with E-state index < -0.39 is 51.7 Å². The summed E-state index contributed by atoms with van der Waals surface area (Å²) in [7, 11) is 1.50. The lowest BCUT2D eigenvalue weighted by atomic mass is 9.83. The van der Waals surface area contributed by atoms with Crippen LogP contribution in [0.3, 0.4) is 0 Å². The van der Waals surface area contributed by atoms with Crippen LogP contribution in [0.4, 0.5) is 0 Å². The summed E-state index contributed by atoms with van der Waals surface area (Å²) in [4.78, 5) is 0. The van der Waals surface area contributed by atoms with Crippen molar-refractivity contribution in [1.29, 1.82) is 0 Å². The molecule has 240 valence electrons. The molecule has 0 amide bonds. The lowest BCUT2D eigenvalue weighted by Gasteiger charge is -2.20. The standard InChI is InChI=1S/C38H25BO10/c39-29-24(30(40)34(44)37(47)33(29)43)15-12-13-20-23(14-15)49-22-11-5-10-21(26(20)22)25-16-6-1-3-8-18(16)27(19-9-4-2-7-17(19)25)28-31(41)35(45)38(48)36(46)32(28)42/h1-14,40-48H,39H2. The first-order valence-electron chi connectivity index (χ1n) is 15.1. The number of phenolic OH excluding ortho intramolecular Hbond substituents is 9. The first kappa shape index (κ1) is 29.5. The molecule has 0 saturated carbocycles. The number of hydrogen-bond acceptors (Lipinski definition) is 10. The van der Waals surface area contributed by atoms with Gasteiger partial charge in [0.2, 0.25) is 28.7 Å². The minimum atomic E-state index is -1.05. The fourth-order valence-electron chi connectivity index (χ4n) is 6.97. The third-order valence-corrected chi connectivity index (χ3v) is 9.25. The Bertz CT molecular complexity index is 2620. The normalized spacial score (nSPS) is 11.7. The molecule has 0 bridgehead atoms. The predicted molar refractivity (Wildman–Crippen MR) is 188 cm³/mol. The van der Waals surface area contributed by atoms with Gasteiger partial charge in [0.1, 0.15) is 19.0 Å². The van der Waals surface area contributed by atoms with Crippen molar-refractivity contribution in [3.05, 3.63) is 84.9 Å². The monoisotopic (exact) mass is 652 g/mol. The van der Waals surface area contributed by atoms with Gasteiger partial charge in [0.05, 0.1) is 5.56 Å². The summed E-state index contributed by atoms with van der Waals surface area (Å²) < 4.78 is 6.33. The van der Waals surface area contributed by atoms with Crippen LogP contribution >= 0.6 is 0 Å². The first-order valence-corrected chi connectivity index (χ1v) is 15.1. The molecule has 0 fully saturated rings. The van der Waals surface area contributed by atoms with Gasteiger partial charge in [0.15, 0.2) is 23.0 Å². The number of aromatic hydroxyl groups is 9. The number of phenols is 9. The molecule has 0 aliphatic heterocycles. The second kappa shape index (κ2) is 10.3. The zero-order valence-corrected chi connectivity index (χ0v) is 25.5. The Morgan fingerprint density at radius 2 is 0.878 bits per heavy atom. The van der Waals surface area contributed by atoms with Gasteiger partial charge in [-0.25, -0.2) is 0 Å². The molecule has 1 heterocycles. The highest BCUT2D eigenvalue weighted by atomic mass is 16.4. The number of furan rings is 1. The fourth-order valence-corrected chi connectivity index (χ4v) is 6.97. The van der Waals surface area contributed by atoms with Crippen LogP contribution in [0.1, 0.15) is 0 Å². The van der Waals surface area contributed by atoms with E-state index in [2.05, 4.69) is 0 Å². The molecule has 8 aromatic rings. The van der Waals surface area contributed by atoms with Gasteiger partial charge in [-0.05, 0) is 61.9 Å².